The predicted octanol–water partition coefficient (Wildman–Crippen LogP) is 12.3. The number of aliphatic imine (C=N–C) groups is 1. The lowest BCUT2D eigenvalue weighted by Gasteiger charge is -2.38. The van der Waals surface area contributed by atoms with Gasteiger partial charge in [-0.25, -0.2) is 4.99 Å². The second kappa shape index (κ2) is 12.2. The summed E-state index contributed by atoms with van der Waals surface area (Å²) in [7, 11) is 0. The van der Waals surface area contributed by atoms with Gasteiger partial charge in [-0.1, -0.05) is 141 Å². The molecule has 51 heavy (non-hydrogen) atoms. The van der Waals surface area contributed by atoms with Crippen LogP contribution in [0.1, 0.15) is 60.1 Å². The molecule has 248 valence electrons. The lowest BCUT2D eigenvalue weighted by atomic mass is 9.65. The van der Waals surface area contributed by atoms with Crippen molar-refractivity contribution in [1.29, 1.82) is 0 Å². The number of furan rings is 2. The third-order valence-electron chi connectivity index (χ3n) is 11.2. The number of hydrogen-bond donors (Lipinski definition) is 0. The van der Waals surface area contributed by atoms with Gasteiger partial charge in [0.05, 0.1) is 6.54 Å². The smallest absolute Gasteiger partial charge is 0.150 e. The van der Waals surface area contributed by atoms with Crippen LogP contribution in [0.3, 0.4) is 0 Å². The highest BCUT2D eigenvalue weighted by molar-refractivity contribution is 6.10. The Hall–Kier alpha value is -5.87. The summed E-state index contributed by atoms with van der Waals surface area (Å²) < 4.78 is 13.0. The van der Waals surface area contributed by atoms with Gasteiger partial charge in [-0.15, -0.1) is 0 Å². The SMILES string of the molecule is c1ccc(C2=Nc3c(oc4ccccc34)CN2Cc2ccc3oc4c(-c5ccc(C6(c7ccccc7)CCCCC6)cc5)cccc4c3c2)cc1. The first-order valence-electron chi connectivity index (χ1n) is 18.2. The Kier molecular flexibility index (Phi) is 7.16. The number of para-hydroxylation sites is 2. The maximum atomic E-state index is 6.64. The van der Waals surface area contributed by atoms with Crippen molar-refractivity contribution < 1.29 is 8.83 Å². The molecule has 0 N–H and O–H groups in total. The van der Waals surface area contributed by atoms with Crippen LogP contribution in [-0.4, -0.2) is 10.7 Å². The van der Waals surface area contributed by atoms with Crippen LogP contribution in [0.5, 0.6) is 0 Å². The van der Waals surface area contributed by atoms with E-state index < -0.39 is 0 Å². The highest BCUT2D eigenvalue weighted by Gasteiger charge is 2.35. The van der Waals surface area contributed by atoms with Gasteiger partial charge in [-0.3, -0.25) is 0 Å². The van der Waals surface area contributed by atoms with Crippen LogP contribution >= 0.6 is 0 Å². The number of amidine groups is 1. The topological polar surface area (TPSA) is 41.9 Å². The van der Waals surface area contributed by atoms with E-state index in [2.05, 4.69) is 132 Å². The molecule has 0 bridgehead atoms. The van der Waals surface area contributed by atoms with Crippen molar-refractivity contribution in [3.63, 3.8) is 0 Å². The van der Waals surface area contributed by atoms with Gasteiger partial charge in [0.25, 0.3) is 0 Å². The minimum atomic E-state index is 0.0885. The maximum absolute atomic E-state index is 6.64. The first kappa shape index (κ1) is 30.0. The van der Waals surface area contributed by atoms with E-state index in [0.717, 1.165) is 61.3 Å². The second-order valence-electron chi connectivity index (χ2n) is 14.2. The molecule has 4 heteroatoms. The standard InChI is InChI=1S/C47H38N2O2/c1-4-13-34(14-5-1)46-48-44-39-17-8-9-20-41(39)50-43(44)31-49(46)30-32-21-26-42-40(29-32)38-19-12-18-37(45(38)51-42)33-22-24-36(25-23-33)47(27-10-3-11-28-47)35-15-6-2-7-16-35/h1-2,4-9,12-26,29H,3,10-11,27-28,30-31H2. The molecule has 0 radical (unpaired) electrons. The first-order valence-corrected chi connectivity index (χ1v) is 18.2. The molecular formula is C47H38N2O2. The molecule has 0 saturated heterocycles. The average molecular weight is 663 g/mol. The molecule has 0 atom stereocenters. The van der Waals surface area contributed by atoms with Crippen molar-refractivity contribution in [2.75, 3.05) is 0 Å². The Bertz CT molecular complexity index is 2550. The summed E-state index contributed by atoms with van der Waals surface area (Å²) in [6.45, 7) is 1.34. The summed E-state index contributed by atoms with van der Waals surface area (Å²) in [4.78, 5) is 7.54. The van der Waals surface area contributed by atoms with Gasteiger partial charge >= 0.3 is 0 Å². The van der Waals surface area contributed by atoms with Crippen LogP contribution in [0.15, 0.2) is 159 Å². The Balaban J connectivity index is 0.996. The van der Waals surface area contributed by atoms with E-state index in [1.807, 2.05) is 18.2 Å². The van der Waals surface area contributed by atoms with Gasteiger partial charge < -0.3 is 13.7 Å². The summed E-state index contributed by atoms with van der Waals surface area (Å²) >= 11 is 0. The fraction of sp³-hybridized carbons (Fsp3) is 0.170. The van der Waals surface area contributed by atoms with Crippen LogP contribution in [-0.2, 0) is 18.5 Å². The van der Waals surface area contributed by atoms with E-state index >= 15 is 0 Å². The highest BCUT2D eigenvalue weighted by Crippen LogP contribution is 2.46. The molecule has 2 aliphatic rings. The zero-order chi connectivity index (χ0) is 33.8. The predicted molar refractivity (Wildman–Crippen MR) is 208 cm³/mol. The lowest BCUT2D eigenvalue weighted by Crippen LogP contribution is -2.32. The Morgan fingerprint density at radius 3 is 2.10 bits per heavy atom. The van der Waals surface area contributed by atoms with E-state index in [1.165, 1.54) is 54.4 Å². The second-order valence-corrected chi connectivity index (χ2v) is 14.2. The van der Waals surface area contributed by atoms with Gasteiger partial charge in [0.2, 0.25) is 0 Å². The molecule has 8 aromatic rings. The number of fused-ring (bicyclic) bond motifs is 6. The Morgan fingerprint density at radius 1 is 0.569 bits per heavy atom. The van der Waals surface area contributed by atoms with Gasteiger partial charge in [0.15, 0.2) is 0 Å². The van der Waals surface area contributed by atoms with Crippen molar-refractivity contribution in [2.45, 2.75) is 50.6 Å². The highest BCUT2D eigenvalue weighted by atomic mass is 16.3. The number of hydrogen-bond acceptors (Lipinski definition) is 4. The van der Waals surface area contributed by atoms with Crippen molar-refractivity contribution >= 4 is 44.4 Å². The molecule has 3 heterocycles. The molecule has 1 aliphatic carbocycles. The van der Waals surface area contributed by atoms with E-state index in [-0.39, 0.29) is 5.41 Å². The molecule has 1 fully saturated rings. The Morgan fingerprint density at radius 2 is 1.27 bits per heavy atom. The molecule has 4 nitrogen and oxygen atoms in total. The Labute approximate surface area is 297 Å². The largest absolute Gasteiger partial charge is 0.457 e. The van der Waals surface area contributed by atoms with Crippen molar-refractivity contribution in [3.8, 4) is 11.1 Å². The van der Waals surface area contributed by atoms with E-state index in [0.29, 0.717) is 13.1 Å². The molecule has 6 aromatic carbocycles. The summed E-state index contributed by atoms with van der Waals surface area (Å²) in [6.07, 6.45) is 6.28. The maximum Gasteiger partial charge on any atom is 0.150 e. The van der Waals surface area contributed by atoms with Crippen molar-refractivity contribution in [1.82, 2.24) is 4.90 Å². The van der Waals surface area contributed by atoms with E-state index in [1.54, 1.807) is 0 Å². The minimum absolute atomic E-state index is 0.0885. The molecular weight excluding hydrogens is 625 g/mol. The zero-order valence-electron chi connectivity index (χ0n) is 28.5. The molecule has 1 aliphatic heterocycles. The summed E-state index contributed by atoms with van der Waals surface area (Å²) in [5.41, 5.74) is 11.2. The summed E-state index contributed by atoms with van der Waals surface area (Å²) in [5.74, 6) is 1.86. The molecule has 2 aromatic heterocycles. The van der Waals surface area contributed by atoms with Crippen LogP contribution in [0, 0.1) is 0 Å². The van der Waals surface area contributed by atoms with Crippen LogP contribution in [0.25, 0.3) is 44.0 Å². The third-order valence-corrected chi connectivity index (χ3v) is 11.2. The summed E-state index contributed by atoms with van der Waals surface area (Å²) in [6, 6.07) is 52.3. The minimum Gasteiger partial charge on any atom is -0.457 e. The molecule has 0 amide bonds. The third kappa shape index (κ3) is 5.08. The number of nitrogens with zero attached hydrogens (tertiary/aromatic N) is 2. The van der Waals surface area contributed by atoms with Gasteiger partial charge in [-0.2, -0.15) is 0 Å². The van der Waals surface area contributed by atoms with Crippen molar-refractivity contribution in [3.05, 3.63) is 174 Å². The van der Waals surface area contributed by atoms with Gasteiger partial charge in [-0.05, 0) is 59.4 Å². The molecule has 0 spiro atoms. The molecule has 10 rings (SSSR count). The average Bonchev–Trinajstić information content (AvgIpc) is 3.76. The van der Waals surface area contributed by atoms with Crippen LogP contribution < -0.4 is 0 Å². The first-order chi connectivity index (χ1) is 25.2. The van der Waals surface area contributed by atoms with Crippen molar-refractivity contribution in [2.24, 2.45) is 4.99 Å². The fourth-order valence-electron chi connectivity index (χ4n) is 8.72. The monoisotopic (exact) mass is 662 g/mol. The van der Waals surface area contributed by atoms with E-state index in [9.17, 15) is 0 Å². The summed E-state index contributed by atoms with van der Waals surface area (Å²) in [5, 5.41) is 3.32. The van der Waals surface area contributed by atoms with Gasteiger partial charge in [0, 0.05) is 39.2 Å². The fourth-order valence-corrected chi connectivity index (χ4v) is 8.72. The molecule has 0 unspecified atom stereocenters. The van der Waals surface area contributed by atoms with Crippen LogP contribution in [0.2, 0.25) is 0 Å². The molecule has 1 saturated carbocycles. The van der Waals surface area contributed by atoms with E-state index in [4.69, 9.17) is 13.8 Å². The van der Waals surface area contributed by atoms with Crippen LogP contribution in [0.4, 0.5) is 5.69 Å². The normalized spacial score (nSPS) is 15.7. The lowest BCUT2D eigenvalue weighted by molar-refractivity contribution is 0.346. The number of rotatable bonds is 6. The zero-order valence-corrected chi connectivity index (χ0v) is 28.5. The quantitative estimate of drug-likeness (QED) is 0.178. The van der Waals surface area contributed by atoms with Gasteiger partial charge in [0.1, 0.15) is 34.0 Å². The number of benzene rings is 6.